The van der Waals surface area contributed by atoms with Crippen molar-refractivity contribution in [2.45, 2.75) is 0 Å². The summed E-state index contributed by atoms with van der Waals surface area (Å²) in [6.45, 7) is 3.36. The second-order valence-electron chi connectivity index (χ2n) is 4.83. The number of amides is 1. The van der Waals surface area contributed by atoms with Gasteiger partial charge in [0.1, 0.15) is 0 Å². The fourth-order valence-electron chi connectivity index (χ4n) is 1.66. The van der Waals surface area contributed by atoms with Gasteiger partial charge in [0.15, 0.2) is 0 Å². The summed E-state index contributed by atoms with van der Waals surface area (Å²) < 4.78 is 24.1. The lowest BCUT2D eigenvalue weighted by molar-refractivity contribution is -0.116. The summed E-state index contributed by atoms with van der Waals surface area (Å²) in [6, 6.07) is 7.28. The molecule has 0 fully saturated rings. The highest BCUT2D eigenvalue weighted by molar-refractivity contribution is 7.88. The maximum atomic E-state index is 11.9. The van der Waals surface area contributed by atoms with E-state index < -0.39 is 10.0 Å². The van der Waals surface area contributed by atoms with Gasteiger partial charge < -0.3 is 10.2 Å². The van der Waals surface area contributed by atoms with Crippen molar-refractivity contribution in [3.63, 3.8) is 0 Å². The van der Waals surface area contributed by atoms with E-state index in [9.17, 15) is 13.2 Å². The molecular formula is C14H21N3O3S. The Morgan fingerprint density at radius 1 is 1.29 bits per heavy atom. The first-order valence-electron chi connectivity index (χ1n) is 6.37. The summed E-state index contributed by atoms with van der Waals surface area (Å²) in [4.78, 5) is 13.8. The van der Waals surface area contributed by atoms with E-state index in [-0.39, 0.29) is 19.0 Å². The zero-order chi connectivity index (χ0) is 16.0. The van der Waals surface area contributed by atoms with Gasteiger partial charge in [-0.2, -0.15) is 4.31 Å². The smallest absolute Gasteiger partial charge is 0.239 e. The molecule has 1 N–H and O–H groups in total. The molecule has 0 atom stereocenters. The van der Waals surface area contributed by atoms with Crippen LogP contribution in [-0.2, 0) is 14.8 Å². The van der Waals surface area contributed by atoms with Gasteiger partial charge in [-0.1, -0.05) is 6.08 Å². The van der Waals surface area contributed by atoms with E-state index in [4.69, 9.17) is 0 Å². The highest BCUT2D eigenvalue weighted by Crippen LogP contribution is 2.15. The Bertz CT molecular complexity index is 594. The molecule has 6 nitrogen and oxygen atoms in total. The minimum absolute atomic E-state index is 0.103. The normalized spacial score (nSPS) is 11.2. The van der Waals surface area contributed by atoms with E-state index in [1.807, 2.05) is 31.1 Å². The zero-order valence-electron chi connectivity index (χ0n) is 12.5. The van der Waals surface area contributed by atoms with Gasteiger partial charge in [0.2, 0.25) is 15.9 Å². The lowest BCUT2D eigenvalue weighted by atomic mass is 10.2. The number of nitrogens with one attached hydrogen (secondary N) is 1. The van der Waals surface area contributed by atoms with Crippen LogP contribution in [0.5, 0.6) is 0 Å². The monoisotopic (exact) mass is 311 g/mol. The van der Waals surface area contributed by atoms with Crippen molar-refractivity contribution < 1.29 is 13.2 Å². The molecule has 116 valence electrons. The molecule has 0 bridgehead atoms. The number of sulfonamides is 1. The van der Waals surface area contributed by atoms with Crippen LogP contribution < -0.4 is 10.2 Å². The maximum absolute atomic E-state index is 11.9. The molecule has 7 heteroatoms. The third-order valence-electron chi connectivity index (χ3n) is 2.79. The topological polar surface area (TPSA) is 69.7 Å². The van der Waals surface area contributed by atoms with Crippen molar-refractivity contribution in [1.29, 1.82) is 0 Å². The van der Waals surface area contributed by atoms with Crippen LogP contribution in [0.2, 0.25) is 0 Å². The van der Waals surface area contributed by atoms with Gasteiger partial charge in [0, 0.05) is 32.0 Å². The zero-order valence-corrected chi connectivity index (χ0v) is 13.4. The predicted octanol–water partition coefficient (Wildman–Crippen LogP) is 1.14. The van der Waals surface area contributed by atoms with Crippen molar-refractivity contribution in [1.82, 2.24) is 4.31 Å². The number of rotatable bonds is 7. The molecule has 0 aromatic heterocycles. The molecule has 1 rings (SSSR count). The molecule has 0 saturated heterocycles. The van der Waals surface area contributed by atoms with Crippen LogP contribution >= 0.6 is 0 Å². The average Bonchev–Trinajstić information content (AvgIpc) is 2.37. The van der Waals surface area contributed by atoms with Gasteiger partial charge in [-0.25, -0.2) is 8.42 Å². The molecule has 0 saturated carbocycles. The third-order valence-corrected chi connectivity index (χ3v) is 4.01. The summed E-state index contributed by atoms with van der Waals surface area (Å²) in [5, 5.41) is 2.67. The average molecular weight is 311 g/mol. The van der Waals surface area contributed by atoms with Gasteiger partial charge in [-0.05, 0) is 24.3 Å². The Balaban J connectivity index is 2.70. The molecular weight excluding hydrogens is 290 g/mol. The molecule has 1 aromatic carbocycles. The minimum Gasteiger partial charge on any atom is -0.378 e. The van der Waals surface area contributed by atoms with Crippen LogP contribution in [0.15, 0.2) is 36.9 Å². The number of carbonyl (C=O) groups is 1. The van der Waals surface area contributed by atoms with E-state index in [1.54, 1.807) is 12.1 Å². The first-order chi connectivity index (χ1) is 9.74. The molecule has 0 spiro atoms. The SMILES string of the molecule is C=CCN(CC(=O)Nc1ccc(N(C)C)cc1)S(C)(=O)=O. The van der Waals surface area contributed by atoms with Gasteiger partial charge in [-0.15, -0.1) is 6.58 Å². The molecule has 1 amide bonds. The Kier molecular flexibility index (Phi) is 5.92. The van der Waals surface area contributed by atoms with Crippen molar-refractivity contribution in [2.24, 2.45) is 0 Å². The number of anilines is 2. The number of carbonyl (C=O) groups excluding carboxylic acids is 1. The molecule has 0 aliphatic heterocycles. The van der Waals surface area contributed by atoms with Crippen molar-refractivity contribution in [3.8, 4) is 0 Å². The molecule has 0 aliphatic carbocycles. The fourth-order valence-corrected chi connectivity index (χ4v) is 2.39. The fraction of sp³-hybridized carbons (Fsp3) is 0.357. The first-order valence-corrected chi connectivity index (χ1v) is 8.22. The minimum atomic E-state index is -3.44. The molecule has 0 unspecified atom stereocenters. The standard InChI is InChI=1S/C14H21N3O3S/c1-5-10-17(21(4,19)20)11-14(18)15-12-6-8-13(9-7-12)16(2)3/h5-9H,1,10-11H2,2-4H3,(H,15,18). The van der Waals surface area contributed by atoms with Crippen LogP contribution in [0.25, 0.3) is 0 Å². The second-order valence-corrected chi connectivity index (χ2v) is 6.82. The summed E-state index contributed by atoms with van der Waals surface area (Å²) in [6.07, 6.45) is 2.51. The summed E-state index contributed by atoms with van der Waals surface area (Å²) >= 11 is 0. The molecule has 0 radical (unpaired) electrons. The Morgan fingerprint density at radius 2 is 1.86 bits per heavy atom. The lowest BCUT2D eigenvalue weighted by Crippen LogP contribution is -2.37. The van der Waals surface area contributed by atoms with Crippen LogP contribution in [-0.4, -0.2) is 52.1 Å². The van der Waals surface area contributed by atoms with Crippen LogP contribution in [0, 0.1) is 0 Å². The lowest BCUT2D eigenvalue weighted by Gasteiger charge is -2.18. The predicted molar refractivity (Wildman–Crippen MR) is 86.0 cm³/mol. The Morgan fingerprint density at radius 3 is 2.29 bits per heavy atom. The highest BCUT2D eigenvalue weighted by atomic mass is 32.2. The number of hydrogen-bond acceptors (Lipinski definition) is 4. The van der Waals surface area contributed by atoms with Crippen molar-refractivity contribution in [2.75, 3.05) is 43.7 Å². The van der Waals surface area contributed by atoms with Gasteiger partial charge in [-0.3, -0.25) is 4.79 Å². The van der Waals surface area contributed by atoms with E-state index in [1.165, 1.54) is 6.08 Å². The van der Waals surface area contributed by atoms with Gasteiger partial charge in [0.25, 0.3) is 0 Å². The second kappa shape index (κ2) is 7.24. The van der Waals surface area contributed by atoms with Crippen LogP contribution in [0.4, 0.5) is 11.4 Å². The highest BCUT2D eigenvalue weighted by Gasteiger charge is 2.18. The van der Waals surface area contributed by atoms with E-state index in [0.717, 1.165) is 16.2 Å². The number of nitrogens with zero attached hydrogens (tertiary/aromatic N) is 2. The Labute approximate surface area is 126 Å². The van der Waals surface area contributed by atoms with Crippen LogP contribution in [0.1, 0.15) is 0 Å². The molecule has 0 heterocycles. The van der Waals surface area contributed by atoms with Gasteiger partial charge in [0.05, 0.1) is 12.8 Å². The van der Waals surface area contributed by atoms with Gasteiger partial charge >= 0.3 is 0 Å². The summed E-state index contributed by atoms with van der Waals surface area (Å²) in [5.41, 5.74) is 1.63. The van der Waals surface area contributed by atoms with Crippen LogP contribution in [0.3, 0.4) is 0 Å². The Hall–Kier alpha value is -1.86. The quantitative estimate of drug-likeness (QED) is 0.767. The summed E-state index contributed by atoms with van der Waals surface area (Å²) in [7, 11) is 0.409. The van der Waals surface area contributed by atoms with E-state index in [0.29, 0.717) is 5.69 Å². The largest absolute Gasteiger partial charge is 0.378 e. The molecule has 0 aliphatic rings. The van der Waals surface area contributed by atoms with Crippen molar-refractivity contribution >= 4 is 27.3 Å². The first kappa shape index (κ1) is 17.2. The third kappa shape index (κ3) is 5.57. The number of hydrogen-bond donors (Lipinski definition) is 1. The van der Waals surface area contributed by atoms with E-state index >= 15 is 0 Å². The van der Waals surface area contributed by atoms with Crippen molar-refractivity contribution in [3.05, 3.63) is 36.9 Å². The maximum Gasteiger partial charge on any atom is 0.239 e. The summed E-state index contributed by atoms with van der Waals surface area (Å²) in [5.74, 6) is -0.389. The molecule has 1 aromatic rings. The molecule has 21 heavy (non-hydrogen) atoms. The number of benzene rings is 1. The van der Waals surface area contributed by atoms with E-state index in [2.05, 4.69) is 11.9 Å².